The SMILES string of the molecule is COc1ccc(OC(C)C(=O)NC(CO)CO)cc1. The first-order valence-corrected chi connectivity index (χ1v) is 5.93. The number of ether oxygens (including phenoxy) is 2. The van der Waals surface area contributed by atoms with Crippen LogP contribution in [0, 0.1) is 0 Å². The summed E-state index contributed by atoms with van der Waals surface area (Å²) >= 11 is 0. The van der Waals surface area contributed by atoms with Crippen LogP contribution in [0.4, 0.5) is 0 Å². The third-order valence-electron chi connectivity index (χ3n) is 2.53. The minimum atomic E-state index is -0.728. The smallest absolute Gasteiger partial charge is 0.261 e. The quantitative estimate of drug-likeness (QED) is 0.645. The van der Waals surface area contributed by atoms with E-state index in [0.29, 0.717) is 11.5 Å². The summed E-state index contributed by atoms with van der Waals surface area (Å²) in [6.07, 6.45) is -0.728. The molecular formula is C13H19NO5. The molecule has 1 amide bonds. The summed E-state index contributed by atoms with van der Waals surface area (Å²) in [6, 6.07) is 6.17. The molecule has 6 heteroatoms. The van der Waals surface area contributed by atoms with E-state index in [1.165, 1.54) is 0 Å². The van der Waals surface area contributed by atoms with Crippen molar-refractivity contribution in [3.05, 3.63) is 24.3 Å². The third-order valence-corrected chi connectivity index (χ3v) is 2.53. The average Bonchev–Trinajstić information content (AvgIpc) is 2.45. The van der Waals surface area contributed by atoms with Crippen LogP contribution in [0.15, 0.2) is 24.3 Å². The number of aliphatic hydroxyl groups is 2. The second kappa shape index (κ2) is 7.60. The molecule has 1 rings (SSSR count). The molecule has 0 saturated heterocycles. The standard InChI is InChI=1S/C13H19NO5/c1-9(13(17)14-10(7-15)8-16)19-12-5-3-11(18-2)4-6-12/h3-6,9-10,15-16H,7-8H2,1-2H3,(H,14,17). The molecule has 106 valence electrons. The maximum atomic E-state index is 11.7. The highest BCUT2D eigenvalue weighted by atomic mass is 16.5. The molecule has 0 aliphatic carbocycles. The first-order valence-electron chi connectivity index (χ1n) is 5.93. The van der Waals surface area contributed by atoms with Gasteiger partial charge in [-0.1, -0.05) is 0 Å². The molecule has 1 unspecified atom stereocenters. The number of hydrogen-bond acceptors (Lipinski definition) is 5. The van der Waals surface area contributed by atoms with E-state index in [0.717, 1.165) is 0 Å². The van der Waals surface area contributed by atoms with Crippen molar-refractivity contribution in [2.75, 3.05) is 20.3 Å². The van der Waals surface area contributed by atoms with E-state index >= 15 is 0 Å². The third kappa shape index (κ3) is 4.76. The summed E-state index contributed by atoms with van der Waals surface area (Å²) in [5.74, 6) is 0.835. The zero-order valence-corrected chi connectivity index (χ0v) is 11.0. The van der Waals surface area contributed by atoms with Crippen molar-refractivity contribution < 1.29 is 24.5 Å². The molecule has 1 aromatic carbocycles. The molecule has 0 aliphatic heterocycles. The van der Waals surface area contributed by atoms with E-state index in [4.69, 9.17) is 19.7 Å². The highest BCUT2D eigenvalue weighted by Crippen LogP contribution is 2.18. The number of nitrogens with one attached hydrogen (secondary N) is 1. The molecular weight excluding hydrogens is 250 g/mol. The van der Waals surface area contributed by atoms with Gasteiger partial charge < -0.3 is 25.0 Å². The van der Waals surface area contributed by atoms with Gasteiger partial charge in [0.1, 0.15) is 11.5 Å². The minimum absolute atomic E-state index is 0.322. The molecule has 1 atom stereocenters. The molecule has 0 radical (unpaired) electrons. The van der Waals surface area contributed by atoms with Crippen LogP contribution in [-0.2, 0) is 4.79 Å². The van der Waals surface area contributed by atoms with E-state index in [2.05, 4.69) is 5.32 Å². The Balaban J connectivity index is 2.53. The predicted octanol–water partition coefficient (Wildman–Crippen LogP) is -0.0681. The fourth-order valence-electron chi connectivity index (χ4n) is 1.38. The lowest BCUT2D eigenvalue weighted by Gasteiger charge is -2.18. The number of carbonyl (C=O) groups is 1. The first kappa shape index (κ1) is 15.3. The second-order valence-electron chi connectivity index (χ2n) is 4.01. The van der Waals surface area contributed by atoms with E-state index in [-0.39, 0.29) is 13.2 Å². The van der Waals surface area contributed by atoms with Gasteiger partial charge in [0.15, 0.2) is 6.10 Å². The van der Waals surface area contributed by atoms with Gasteiger partial charge in [0, 0.05) is 0 Å². The zero-order valence-electron chi connectivity index (χ0n) is 11.0. The second-order valence-corrected chi connectivity index (χ2v) is 4.01. The van der Waals surface area contributed by atoms with Crippen molar-refractivity contribution in [1.82, 2.24) is 5.32 Å². The zero-order chi connectivity index (χ0) is 14.3. The number of amides is 1. The summed E-state index contributed by atoms with van der Waals surface area (Å²) in [6.45, 7) is 0.945. The van der Waals surface area contributed by atoms with E-state index in [1.807, 2.05) is 0 Å². The molecule has 0 bridgehead atoms. The lowest BCUT2D eigenvalue weighted by molar-refractivity contribution is -0.128. The Bertz CT molecular complexity index is 389. The topological polar surface area (TPSA) is 88.0 Å². The molecule has 1 aromatic rings. The van der Waals surface area contributed by atoms with Crippen molar-refractivity contribution in [1.29, 1.82) is 0 Å². The molecule has 3 N–H and O–H groups in total. The summed E-state index contributed by atoms with van der Waals surface area (Å²) in [7, 11) is 1.57. The molecule has 0 aromatic heterocycles. The van der Waals surface area contributed by atoms with Gasteiger partial charge in [-0.15, -0.1) is 0 Å². The highest BCUT2D eigenvalue weighted by molar-refractivity contribution is 5.81. The number of benzene rings is 1. The lowest BCUT2D eigenvalue weighted by Crippen LogP contribution is -2.45. The van der Waals surface area contributed by atoms with Crippen molar-refractivity contribution in [3.8, 4) is 11.5 Å². The van der Waals surface area contributed by atoms with Crippen molar-refractivity contribution in [2.24, 2.45) is 0 Å². The van der Waals surface area contributed by atoms with Gasteiger partial charge in [0.2, 0.25) is 0 Å². The van der Waals surface area contributed by atoms with Crippen LogP contribution in [0.3, 0.4) is 0 Å². The monoisotopic (exact) mass is 269 g/mol. The van der Waals surface area contributed by atoms with E-state index in [1.54, 1.807) is 38.3 Å². The van der Waals surface area contributed by atoms with Crippen LogP contribution in [0.1, 0.15) is 6.92 Å². The Labute approximate surface area is 112 Å². The fourth-order valence-corrected chi connectivity index (χ4v) is 1.38. The Hall–Kier alpha value is -1.79. The number of carbonyl (C=O) groups excluding carboxylic acids is 1. The average molecular weight is 269 g/mol. The summed E-state index contributed by atoms with van der Waals surface area (Å²) in [4.78, 5) is 11.7. The molecule has 0 heterocycles. The number of methoxy groups -OCH3 is 1. The summed E-state index contributed by atoms with van der Waals surface area (Å²) < 4.78 is 10.4. The van der Waals surface area contributed by atoms with Crippen LogP contribution in [0.2, 0.25) is 0 Å². The van der Waals surface area contributed by atoms with Gasteiger partial charge in [-0.05, 0) is 31.2 Å². The van der Waals surface area contributed by atoms with Crippen LogP contribution in [0.25, 0.3) is 0 Å². The van der Waals surface area contributed by atoms with Crippen LogP contribution >= 0.6 is 0 Å². The molecule has 0 fully saturated rings. The van der Waals surface area contributed by atoms with Crippen LogP contribution in [-0.4, -0.2) is 48.6 Å². The Morgan fingerprint density at radius 2 is 1.74 bits per heavy atom. The Kier molecular flexibility index (Phi) is 6.11. The summed E-state index contributed by atoms with van der Waals surface area (Å²) in [5.41, 5.74) is 0. The van der Waals surface area contributed by atoms with Crippen LogP contribution < -0.4 is 14.8 Å². The summed E-state index contributed by atoms with van der Waals surface area (Å²) in [5, 5.41) is 20.2. The van der Waals surface area contributed by atoms with Gasteiger partial charge in [0.05, 0.1) is 26.4 Å². The Morgan fingerprint density at radius 1 is 1.21 bits per heavy atom. The van der Waals surface area contributed by atoms with Gasteiger partial charge in [-0.3, -0.25) is 4.79 Å². The first-order chi connectivity index (χ1) is 9.10. The van der Waals surface area contributed by atoms with E-state index < -0.39 is 18.1 Å². The van der Waals surface area contributed by atoms with Gasteiger partial charge in [-0.2, -0.15) is 0 Å². The molecule has 19 heavy (non-hydrogen) atoms. The number of aliphatic hydroxyl groups excluding tert-OH is 2. The van der Waals surface area contributed by atoms with Gasteiger partial charge in [0.25, 0.3) is 5.91 Å². The normalized spacial score (nSPS) is 12.1. The predicted molar refractivity (Wildman–Crippen MR) is 69.2 cm³/mol. The van der Waals surface area contributed by atoms with Crippen molar-refractivity contribution in [2.45, 2.75) is 19.1 Å². The highest BCUT2D eigenvalue weighted by Gasteiger charge is 2.18. The molecule has 0 saturated carbocycles. The van der Waals surface area contributed by atoms with Crippen molar-refractivity contribution >= 4 is 5.91 Å². The Morgan fingerprint density at radius 3 is 2.21 bits per heavy atom. The number of hydrogen-bond donors (Lipinski definition) is 3. The van der Waals surface area contributed by atoms with E-state index in [9.17, 15) is 4.79 Å². The van der Waals surface area contributed by atoms with Gasteiger partial charge in [-0.25, -0.2) is 0 Å². The minimum Gasteiger partial charge on any atom is -0.497 e. The molecule has 6 nitrogen and oxygen atoms in total. The lowest BCUT2D eigenvalue weighted by atomic mass is 10.3. The number of rotatable bonds is 7. The molecule has 0 aliphatic rings. The van der Waals surface area contributed by atoms with Gasteiger partial charge >= 0.3 is 0 Å². The maximum Gasteiger partial charge on any atom is 0.261 e. The fraction of sp³-hybridized carbons (Fsp3) is 0.462. The van der Waals surface area contributed by atoms with Crippen LogP contribution in [0.5, 0.6) is 11.5 Å². The molecule has 0 spiro atoms. The maximum absolute atomic E-state index is 11.7. The largest absolute Gasteiger partial charge is 0.497 e. The van der Waals surface area contributed by atoms with Crippen molar-refractivity contribution in [3.63, 3.8) is 0 Å².